The molecular weight excluding hydrogens is 338 g/mol. The van der Waals surface area contributed by atoms with Gasteiger partial charge < -0.3 is 9.84 Å². The second-order valence-corrected chi connectivity index (χ2v) is 6.78. The number of halogens is 1. The predicted molar refractivity (Wildman–Crippen MR) is 98.2 cm³/mol. The number of ether oxygens (including phenoxy) is 1. The number of aliphatic carboxylic acids is 1. The Bertz CT molecular complexity index is 749. The highest BCUT2D eigenvalue weighted by molar-refractivity contribution is 6.31. The molecule has 0 amide bonds. The van der Waals surface area contributed by atoms with Gasteiger partial charge in [0, 0.05) is 11.6 Å². The lowest BCUT2D eigenvalue weighted by atomic mass is 9.91. The summed E-state index contributed by atoms with van der Waals surface area (Å²) in [4.78, 5) is 13.7. The Kier molecular flexibility index (Phi) is 5.61. The number of carbonyl (C=O) groups is 1. The van der Waals surface area contributed by atoms with Gasteiger partial charge in [0.15, 0.2) is 0 Å². The number of carboxylic acid groups (broad SMARTS) is 1. The van der Waals surface area contributed by atoms with Gasteiger partial charge in [-0.2, -0.15) is 0 Å². The molecule has 0 radical (unpaired) electrons. The number of carboxylic acids is 1. The fraction of sp³-hybridized carbons (Fsp3) is 0.350. The van der Waals surface area contributed by atoms with Crippen molar-refractivity contribution >= 4 is 17.6 Å². The minimum Gasteiger partial charge on any atom is -0.497 e. The third kappa shape index (κ3) is 3.97. The Hall–Kier alpha value is -2.04. The van der Waals surface area contributed by atoms with Crippen LogP contribution < -0.4 is 4.74 Å². The van der Waals surface area contributed by atoms with E-state index in [0.29, 0.717) is 11.6 Å². The van der Waals surface area contributed by atoms with Crippen LogP contribution in [-0.2, 0) is 4.79 Å². The number of hydrogen-bond acceptors (Lipinski definition) is 3. The number of methoxy groups -OCH3 is 1. The Labute approximate surface area is 153 Å². The summed E-state index contributed by atoms with van der Waals surface area (Å²) in [5.74, 6) is -0.293. The average Bonchev–Trinajstić information content (AvgIpc) is 2.64. The minimum absolute atomic E-state index is 0.0917. The van der Waals surface area contributed by atoms with E-state index in [1.165, 1.54) is 0 Å². The van der Waals surface area contributed by atoms with Crippen LogP contribution in [0.2, 0.25) is 5.02 Å². The van der Waals surface area contributed by atoms with Crippen molar-refractivity contribution in [2.24, 2.45) is 5.92 Å². The lowest BCUT2D eigenvalue weighted by Gasteiger charge is -2.38. The van der Waals surface area contributed by atoms with Crippen molar-refractivity contribution < 1.29 is 14.6 Å². The van der Waals surface area contributed by atoms with Crippen LogP contribution in [0.25, 0.3) is 0 Å². The second kappa shape index (κ2) is 7.89. The van der Waals surface area contributed by atoms with Gasteiger partial charge in [0.05, 0.1) is 19.1 Å². The highest BCUT2D eigenvalue weighted by atomic mass is 35.5. The van der Waals surface area contributed by atoms with Gasteiger partial charge in [-0.1, -0.05) is 41.9 Å². The van der Waals surface area contributed by atoms with Gasteiger partial charge in [-0.25, -0.2) is 0 Å². The summed E-state index contributed by atoms with van der Waals surface area (Å²) < 4.78 is 5.37. The van der Waals surface area contributed by atoms with Crippen LogP contribution in [0.3, 0.4) is 0 Å². The van der Waals surface area contributed by atoms with Crippen LogP contribution in [0.4, 0.5) is 0 Å². The van der Waals surface area contributed by atoms with Gasteiger partial charge >= 0.3 is 5.97 Å². The largest absolute Gasteiger partial charge is 0.497 e. The van der Waals surface area contributed by atoms with Crippen molar-refractivity contribution in [3.8, 4) is 5.75 Å². The zero-order chi connectivity index (χ0) is 17.8. The second-order valence-electron chi connectivity index (χ2n) is 6.37. The summed E-state index contributed by atoms with van der Waals surface area (Å²) in [5.41, 5.74) is 2.04. The van der Waals surface area contributed by atoms with E-state index in [0.717, 1.165) is 36.3 Å². The van der Waals surface area contributed by atoms with E-state index in [1.807, 2.05) is 48.5 Å². The zero-order valence-corrected chi connectivity index (χ0v) is 14.9. The normalized spacial score (nSPS) is 19.4. The smallest absolute Gasteiger partial charge is 0.307 e. The maximum absolute atomic E-state index is 11.5. The van der Waals surface area contributed by atoms with Crippen LogP contribution in [0.1, 0.15) is 30.0 Å². The van der Waals surface area contributed by atoms with Crippen molar-refractivity contribution in [3.05, 3.63) is 64.7 Å². The molecule has 1 aliphatic rings. The summed E-state index contributed by atoms with van der Waals surface area (Å²) >= 11 is 6.49. The lowest BCUT2D eigenvalue weighted by molar-refractivity contribution is -0.143. The zero-order valence-electron chi connectivity index (χ0n) is 14.2. The van der Waals surface area contributed by atoms with E-state index in [9.17, 15) is 9.90 Å². The van der Waals surface area contributed by atoms with Crippen LogP contribution >= 0.6 is 11.6 Å². The van der Waals surface area contributed by atoms with E-state index in [4.69, 9.17) is 16.3 Å². The molecule has 2 unspecified atom stereocenters. The molecule has 3 rings (SSSR count). The molecule has 2 atom stereocenters. The standard InChI is InChI=1S/C20H22ClNO3/c1-25-16-8-4-6-14(12-16)19(17-9-2-3-10-18(17)21)22-11-5-7-15(13-22)20(23)24/h2-4,6,8-10,12,15,19H,5,7,11,13H2,1H3,(H,23,24). The molecule has 1 saturated heterocycles. The Morgan fingerprint density at radius 1 is 1.28 bits per heavy atom. The molecule has 2 aromatic carbocycles. The maximum Gasteiger partial charge on any atom is 0.307 e. The topological polar surface area (TPSA) is 49.8 Å². The first-order valence-electron chi connectivity index (χ1n) is 8.45. The molecule has 4 nitrogen and oxygen atoms in total. The van der Waals surface area contributed by atoms with Crippen molar-refractivity contribution in [1.29, 1.82) is 0 Å². The number of nitrogens with zero attached hydrogens (tertiary/aromatic N) is 1. The van der Waals surface area contributed by atoms with Crippen LogP contribution in [-0.4, -0.2) is 36.2 Å². The maximum atomic E-state index is 11.5. The van der Waals surface area contributed by atoms with E-state index >= 15 is 0 Å². The quantitative estimate of drug-likeness (QED) is 0.867. The monoisotopic (exact) mass is 359 g/mol. The molecule has 1 fully saturated rings. The Morgan fingerprint density at radius 3 is 2.80 bits per heavy atom. The Morgan fingerprint density at radius 2 is 2.08 bits per heavy atom. The van der Waals surface area contributed by atoms with Crippen LogP contribution in [0.15, 0.2) is 48.5 Å². The third-order valence-corrected chi connectivity index (χ3v) is 5.12. The van der Waals surface area contributed by atoms with Crippen molar-refractivity contribution in [1.82, 2.24) is 4.90 Å². The van der Waals surface area contributed by atoms with Gasteiger partial charge in [0.25, 0.3) is 0 Å². The highest BCUT2D eigenvalue weighted by Gasteiger charge is 2.32. The molecule has 0 bridgehead atoms. The number of hydrogen-bond donors (Lipinski definition) is 1. The van der Waals surface area contributed by atoms with Crippen molar-refractivity contribution in [2.45, 2.75) is 18.9 Å². The first-order valence-corrected chi connectivity index (χ1v) is 8.83. The van der Waals surface area contributed by atoms with Gasteiger partial charge in [0.1, 0.15) is 5.75 Å². The van der Waals surface area contributed by atoms with Crippen molar-refractivity contribution in [3.63, 3.8) is 0 Å². The van der Waals surface area contributed by atoms with Crippen molar-refractivity contribution in [2.75, 3.05) is 20.2 Å². The molecule has 1 N–H and O–H groups in total. The average molecular weight is 360 g/mol. The van der Waals surface area contributed by atoms with E-state index < -0.39 is 5.97 Å². The fourth-order valence-corrected chi connectivity index (χ4v) is 3.78. The number of benzene rings is 2. The molecule has 5 heteroatoms. The molecular formula is C20H22ClNO3. The molecule has 132 valence electrons. The first kappa shape index (κ1) is 17.8. The van der Waals surface area contributed by atoms with E-state index in [-0.39, 0.29) is 12.0 Å². The van der Waals surface area contributed by atoms with Gasteiger partial charge in [-0.05, 0) is 48.7 Å². The molecule has 0 aliphatic carbocycles. The SMILES string of the molecule is COc1cccc(C(c2ccccc2Cl)N2CCCC(C(=O)O)C2)c1. The number of rotatable bonds is 5. The number of likely N-dealkylation sites (tertiary alicyclic amines) is 1. The fourth-order valence-electron chi connectivity index (χ4n) is 3.54. The van der Waals surface area contributed by atoms with E-state index in [1.54, 1.807) is 7.11 Å². The predicted octanol–water partition coefficient (Wildman–Crippen LogP) is 4.23. The molecule has 0 saturated carbocycles. The van der Waals surface area contributed by atoms with Crippen LogP contribution in [0.5, 0.6) is 5.75 Å². The third-order valence-electron chi connectivity index (χ3n) is 4.78. The lowest BCUT2D eigenvalue weighted by Crippen LogP contribution is -2.41. The molecule has 0 spiro atoms. The van der Waals surface area contributed by atoms with Gasteiger partial charge in [-0.3, -0.25) is 9.69 Å². The minimum atomic E-state index is -0.728. The van der Waals surface area contributed by atoms with Crippen LogP contribution in [0, 0.1) is 5.92 Å². The Balaban J connectivity index is 2.03. The molecule has 1 aliphatic heterocycles. The van der Waals surface area contributed by atoms with Gasteiger partial charge in [0.2, 0.25) is 0 Å². The molecule has 0 aromatic heterocycles. The summed E-state index contributed by atoms with van der Waals surface area (Å²) in [6.45, 7) is 1.36. The summed E-state index contributed by atoms with van der Waals surface area (Å²) in [6, 6.07) is 15.6. The highest BCUT2D eigenvalue weighted by Crippen LogP contribution is 2.37. The first-order chi connectivity index (χ1) is 12.1. The molecule has 2 aromatic rings. The molecule has 25 heavy (non-hydrogen) atoms. The number of piperidine rings is 1. The summed E-state index contributed by atoms with van der Waals surface area (Å²) in [6.07, 6.45) is 1.58. The van der Waals surface area contributed by atoms with E-state index in [2.05, 4.69) is 4.90 Å². The molecule has 1 heterocycles. The van der Waals surface area contributed by atoms with Gasteiger partial charge in [-0.15, -0.1) is 0 Å². The summed E-state index contributed by atoms with van der Waals surface area (Å²) in [7, 11) is 1.64. The summed E-state index contributed by atoms with van der Waals surface area (Å²) in [5, 5.41) is 10.1.